The fourth-order valence-electron chi connectivity index (χ4n) is 9.97. The maximum atomic E-state index is 13.6. The van der Waals surface area contributed by atoms with Crippen LogP contribution in [0.4, 0.5) is 13.2 Å². The Kier molecular flexibility index (Phi) is 6.21. The SMILES string of the molecule is C[C@H](CC[C@]1(O)CCOC1)[C@H]1CC[C@H]2[C@@H]3CC[C@H]4C[C@](O)(C(F)(F)F)CC[C@]4(C)[C@H]3CC[C@]12C. The molecule has 0 aromatic carbocycles. The molecule has 0 aromatic rings. The Morgan fingerprint density at radius 2 is 1.65 bits per heavy atom. The second-order valence-electron chi connectivity index (χ2n) is 13.7. The van der Waals surface area contributed by atoms with Gasteiger partial charge >= 0.3 is 6.18 Å². The first kappa shape index (κ1) is 25.3. The molecule has 2 N–H and O–H groups in total. The molecule has 34 heavy (non-hydrogen) atoms. The van der Waals surface area contributed by atoms with Gasteiger partial charge in [0.2, 0.25) is 0 Å². The average Bonchev–Trinajstić information content (AvgIpc) is 3.35. The van der Waals surface area contributed by atoms with Crippen molar-refractivity contribution in [1.82, 2.24) is 0 Å². The minimum atomic E-state index is -4.52. The van der Waals surface area contributed by atoms with Gasteiger partial charge in [0.1, 0.15) is 0 Å². The molecule has 1 saturated heterocycles. The second kappa shape index (κ2) is 8.34. The number of hydrogen-bond donors (Lipinski definition) is 2. The van der Waals surface area contributed by atoms with Crippen LogP contribution in [0, 0.1) is 46.3 Å². The molecular weight excluding hydrogens is 441 g/mol. The predicted octanol–water partition coefficient (Wildman–Crippen LogP) is 6.51. The van der Waals surface area contributed by atoms with Gasteiger partial charge in [-0.1, -0.05) is 20.8 Å². The third kappa shape index (κ3) is 3.88. The minimum absolute atomic E-state index is 0.0241. The Balaban J connectivity index is 1.28. The first-order valence-electron chi connectivity index (χ1n) is 13.9. The Morgan fingerprint density at radius 3 is 2.32 bits per heavy atom. The topological polar surface area (TPSA) is 49.7 Å². The van der Waals surface area contributed by atoms with Gasteiger partial charge in [0.15, 0.2) is 5.60 Å². The fraction of sp³-hybridized carbons (Fsp3) is 1.00. The molecule has 5 fully saturated rings. The van der Waals surface area contributed by atoms with Crippen LogP contribution in [0.15, 0.2) is 0 Å². The molecule has 5 aliphatic rings. The fourth-order valence-corrected chi connectivity index (χ4v) is 9.97. The summed E-state index contributed by atoms with van der Waals surface area (Å²) in [5, 5.41) is 21.2. The molecule has 10 atom stereocenters. The van der Waals surface area contributed by atoms with Gasteiger partial charge in [-0.3, -0.25) is 0 Å². The van der Waals surface area contributed by atoms with Crippen molar-refractivity contribution >= 4 is 0 Å². The highest BCUT2D eigenvalue weighted by atomic mass is 19.4. The molecule has 0 spiro atoms. The molecule has 5 rings (SSSR count). The van der Waals surface area contributed by atoms with Gasteiger partial charge in [-0.05, 0) is 117 Å². The minimum Gasteiger partial charge on any atom is -0.387 e. The Hall–Kier alpha value is -0.330. The van der Waals surface area contributed by atoms with E-state index in [1.807, 2.05) is 0 Å². The lowest BCUT2D eigenvalue weighted by atomic mass is 9.43. The lowest BCUT2D eigenvalue weighted by Gasteiger charge is -2.62. The van der Waals surface area contributed by atoms with Crippen LogP contribution in [0.25, 0.3) is 0 Å². The summed E-state index contributed by atoms with van der Waals surface area (Å²) in [5.41, 5.74) is -2.90. The zero-order valence-corrected chi connectivity index (χ0v) is 21.3. The van der Waals surface area contributed by atoms with Crippen molar-refractivity contribution in [3.05, 3.63) is 0 Å². The summed E-state index contributed by atoms with van der Waals surface area (Å²) >= 11 is 0. The molecule has 0 radical (unpaired) electrons. The van der Waals surface area contributed by atoms with Gasteiger partial charge in [0.05, 0.1) is 12.2 Å². The number of aliphatic hydroxyl groups is 2. The Bertz CT molecular complexity index is 764. The van der Waals surface area contributed by atoms with E-state index in [1.54, 1.807) is 0 Å². The summed E-state index contributed by atoms with van der Waals surface area (Å²) in [6.07, 6.45) is 4.97. The average molecular weight is 487 g/mol. The highest BCUT2D eigenvalue weighted by Crippen LogP contribution is 2.69. The molecular formula is C28H45F3O3. The molecule has 196 valence electrons. The van der Waals surface area contributed by atoms with E-state index in [4.69, 9.17) is 4.74 Å². The third-order valence-electron chi connectivity index (χ3n) is 12.2. The summed E-state index contributed by atoms with van der Waals surface area (Å²) in [7, 11) is 0. The van der Waals surface area contributed by atoms with Crippen LogP contribution >= 0.6 is 0 Å². The van der Waals surface area contributed by atoms with E-state index < -0.39 is 17.4 Å². The van der Waals surface area contributed by atoms with Gasteiger partial charge in [-0.15, -0.1) is 0 Å². The summed E-state index contributed by atoms with van der Waals surface area (Å²) < 4.78 is 46.2. The molecule has 0 unspecified atom stereocenters. The normalized spacial score (nSPS) is 52.1. The van der Waals surface area contributed by atoms with E-state index in [0.29, 0.717) is 54.6 Å². The van der Waals surface area contributed by atoms with Crippen LogP contribution in [0.5, 0.6) is 0 Å². The number of halogens is 3. The van der Waals surface area contributed by atoms with Crippen LogP contribution in [-0.2, 0) is 4.74 Å². The van der Waals surface area contributed by atoms with E-state index in [1.165, 1.54) is 19.3 Å². The van der Waals surface area contributed by atoms with Crippen LogP contribution in [0.1, 0.15) is 97.8 Å². The van der Waals surface area contributed by atoms with E-state index >= 15 is 0 Å². The van der Waals surface area contributed by atoms with Gasteiger partial charge < -0.3 is 14.9 Å². The summed E-state index contributed by atoms with van der Waals surface area (Å²) in [6, 6.07) is 0. The standard InChI is InChI=1S/C28H45F3O3/c1-18(8-11-26(32)14-15-34-17-26)21-6-7-22-20-5-4-19-16-27(33,28(29,30)31)13-12-24(19,2)23(20)9-10-25(21,22)3/h18-23,32-33H,4-17H2,1-3H3/t18-,19+,20+,21-,22+,23+,24+,25-,26+,27+/m1/s1. The quantitative estimate of drug-likeness (QED) is 0.476. The molecule has 1 aliphatic heterocycles. The molecule has 1 heterocycles. The van der Waals surface area contributed by atoms with Crippen molar-refractivity contribution < 1.29 is 28.1 Å². The van der Waals surface area contributed by atoms with Crippen molar-refractivity contribution in [3.63, 3.8) is 0 Å². The van der Waals surface area contributed by atoms with E-state index in [-0.39, 0.29) is 24.2 Å². The lowest BCUT2D eigenvalue weighted by molar-refractivity contribution is -0.290. The number of hydrogen-bond acceptors (Lipinski definition) is 3. The maximum absolute atomic E-state index is 13.6. The molecule has 0 amide bonds. The van der Waals surface area contributed by atoms with Crippen LogP contribution in [0.3, 0.4) is 0 Å². The molecule has 4 aliphatic carbocycles. The van der Waals surface area contributed by atoms with Crippen molar-refractivity contribution in [2.45, 2.75) is 115 Å². The van der Waals surface area contributed by atoms with Gasteiger partial charge in [0, 0.05) is 13.0 Å². The first-order valence-corrected chi connectivity index (χ1v) is 13.9. The number of rotatable bonds is 4. The van der Waals surface area contributed by atoms with Crippen LogP contribution in [-0.4, -0.2) is 40.8 Å². The monoisotopic (exact) mass is 486 g/mol. The van der Waals surface area contributed by atoms with Gasteiger partial charge in [-0.2, -0.15) is 13.2 Å². The molecule has 0 bridgehead atoms. The highest BCUT2D eigenvalue weighted by Gasteiger charge is 2.65. The first-order chi connectivity index (χ1) is 15.8. The van der Waals surface area contributed by atoms with Crippen molar-refractivity contribution in [2.75, 3.05) is 13.2 Å². The third-order valence-corrected chi connectivity index (χ3v) is 12.2. The number of alkyl halides is 3. The van der Waals surface area contributed by atoms with Crippen molar-refractivity contribution in [3.8, 4) is 0 Å². The molecule has 6 heteroatoms. The Labute approximate surface area is 203 Å². The summed E-state index contributed by atoms with van der Waals surface area (Å²) in [6.45, 7) is 8.27. The zero-order chi connectivity index (χ0) is 24.6. The molecule has 4 saturated carbocycles. The van der Waals surface area contributed by atoms with E-state index in [9.17, 15) is 23.4 Å². The van der Waals surface area contributed by atoms with Gasteiger partial charge in [0.25, 0.3) is 0 Å². The maximum Gasteiger partial charge on any atom is 0.417 e. The zero-order valence-electron chi connectivity index (χ0n) is 21.3. The second-order valence-corrected chi connectivity index (χ2v) is 13.7. The number of ether oxygens (including phenoxy) is 1. The van der Waals surface area contributed by atoms with E-state index in [0.717, 1.165) is 38.5 Å². The highest BCUT2D eigenvalue weighted by molar-refractivity contribution is 5.11. The summed E-state index contributed by atoms with van der Waals surface area (Å²) in [5.74, 6) is 2.98. The van der Waals surface area contributed by atoms with Gasteiger partial charge in [-0.25, -0.2) is 0 Å². The lowest BCUT2D eigenvalue weighted by Crippen LogP contribution is -2.59. The Morgan fingerprint density at radius 1 is 0.912 bits per heavy atom. The van der Waals surface area contributed by atoms with Crippen molar-refractivity contribution in [1.29, 1.82) is 0 Å². The van der Waals surface area contributed by atoms with Crippen LogP contribution in [0.2, 0.25) is 0 Å². The van der Waals surface area contributed by atoms with E-state index in [2.05, 4.69) is 20.8 Å². The molecule has 0 aromatic heterocycles. The number of fused-ring (bicyclic) bond motifs is 5. The predicted molar refractivity (Wildman–Crippen MR) is 125 cm³/mol. The smallest absolute Gasteiger partial charge is 0.387 e. The van der Waals surface area contributed by atoms with Crippen molar-refractivity contribution in [2.24, 2.45) is 46.3 Å². The molecule has 3 nitrogen and oxygen atoms in total. The largest absolute Gasteiger partial charge is 0.417 e. The summed E-state index contributed by atoms with van der Waals surface area (Å²) in [4.78, 5) is 0. The van der Waals surface area contributed by atoms with Crippen LogP contribution < -0.4 is 0 Å².